The standard InChI is InChI=1S/C18H22N4O2/c1-14(18-21-20-17-9-5-6-10-22(17)18)19-11-16(23)13-24-12-15-7-3-2-4-8-15/h2-10,14,16,19,23H,11-13H2,1H3. The highest BCUT2D eigenvalue weighted by molar-refractivity contribution is 5.37. The van der Waals surface area contributed by atoms with Crippen molar-refractivity contribution in [1.82, 2.24) is 19.9 Å². The zero-order valence-corrected chi connectivity index (χ0v) is 13.7. The number of nitrogens with zero attached hydrogens (tertiary/aromatic N) is 3. The second-order valence-electron chi connectivity index (χ2n) is 5.77. The molecule has 0 spiro atoms. The van der Waals surface area contributed by atoms with Gasteiger partial charge in [-0.15, -0.1) is 10.2 Å². The molecule has 0 fully saturated rings. The van der Waals surface area contributed by atoms with Crippen LogP contribution in [0.2, 0.25) is 0 Å². The van der Waals surface area contributed by atoms with Gasteiger partial charge in [0.05, 0.1) is 25.4 Å². The molecule has 1 aromatic carbocycles. The second-order valence-corrected chi connectivity index (χ2v) is 5.77. The van der Waals surface area contributed by atoms with Gasteiger partial charge in [-0.2, -0.15) is 0 Å². The zero-order valence-electron chi connectivity index (χ0n) is 13.7. The number of aliphatic hydroxyl groups is 1. The van der Waals surface area contributed by atoms with Crippen LogP contribution in [0.15, 0.2) is 54.7 Å². The third-order valence-corrected chi connectivity index (χ3v) is 3.81. The average Bonchev–Trinajstić information content (AvgIpc) is 3.05. The minimum atomic E-state index is -0.574. The summed E-state index contributed by atoms with van der Waals surface area (Å²) in [5, 5.41) is 21.7. The van der Waals surface area contributed by atoms with Crippen molar-refractivity contribution in [1.29, 1.82) is 0 Å². The molecule has 3 rings (SSSR count). The van der Waals surface area contributed by atoms with Crippen molar-refractivity contribution < 1.29 is 9.84 Å². The molecule has 0 radical (unpaired) electrons. The minimum Gasteiger partial charge on any atom is -0.389 e. The summed E-state index contributed by atoms with van der Waals surface area (Å²) < 4.78 is 7.49. The Balaban J connectivity index is 1.44. The number of pyridine rings is 1. The molecule has 2 aromatic heterocycles. The summed E-state index contributed by atoms with van der Waals surface area (Å²) in [5.41, 5.74) is 1.91. The third kappa shape index (κ3) is 4.17. The summed E-state index contributed by atoms with van der Waals surface area (Å²) in [6.07, 6.45) is 1.36. The van der Waals surface area contributed by atoms with Gasteiger partial charge in [0.1, 0.15) is 0 Å². The molecule has 2 N–H and O–H groups in total. The highest BCUT2D eigenvalue weighted by Gasteiger charge is 2.14. The number of benzene rings is 1. The van der Waals surface area contributed by atoms with Crippen LogP contribution < -0.4 is 5.32 Å². The fourth-order valence-corrected chi connectivity index (χ4v) is 2.51. The van der Waals surface area contributed by atoms with Crippen molar-refractivity contribution >= 4 is 5.65 Å². The Labute approximate surface area is 141 Å². The molecule has 24 heavy (non-hydrogen) atoms. The van der Waals surface area contributed by atoms with Gasteiger partial charge in [0.25, 0.3) is 0 Å². The van der Waals surface area contributed by atoms with Crippen molar-refractivity contribution in [2.45, 2.75) is 25.7 Å². The van der Waals surface area contributed by atoms with E-state index in [9.17, 15) is 5.11 Å². The highest BCUT2D eigenvalue weighted by Crippen LogP contribution is 2.11. The van der Waals surface area contributed by atoms with Crippen LogP contribution in [0.5, 0.6) is 0 Å². The number of fused-ring (bicyclic) bond motifs is 1. The van der Waals surface area contributed by atoms with E-state index in [0.29, 0.717) is 13.2 Å². The maximum atomic E-state index is 10.1. The smallest absolute Gasteiger partial charge is 0.160 e. The van der Waals surface area contributed by atoms with E-state index < -0.39 is 6.10 Å². The van der Waals surface area contributed by atoms with Crippen LogP contribution >= 0.6 is 0 Å². The molecule has 2 unspecified atom stereocenters. The SMILES string of the molecule is CC(NCC(O)COCc1ccccc1)c1nnc2ccccn12. The van der Waals surface area contributed by atoms with Gasteiger partial charge in [0, 0.05) is 12.7 Å². The Morgan fingerprint density at radius 3 is 2.75 bits per heavy atom. The van der Waals surface area contributed by atoms with Crippen LogP contribution in [0.1, 0.15) is 24.4 Å². The summed E-state index contributed by atoms with van der Waals surface area (Å²) >= 11 is 0. The van der Waals surface area contributed by atoms with Gasteiger partial charge in [-0.05, 0) is 24.6 Å². The van der Waals surface area contributed by atoms with Crippen LogP contribution in [0.4, 0.5) is 0 Å². The molecule has 0 saturated heterocycles. The van der Waals surface area contributed by atoms with Crippen molar-refractivity contribution in [3.05, 3.63) is 66.1 Å². The summed E-state index contributed by atoms with van der Waals surface area (Å²) in [7, 11) is 0. The van der Waals surface area contributed by atoms with Gasteiger partial charge in [0.2, 0.25) is 0 Å². The first-order valence-corrected chi connectivity index (χ1v) is 8.07. The Morgan fingerprint density at radius 1 is 1.12 bits per heavy atom. The molecule has 0 aliphatic carbocycles. The van der Waals surface area contributed by atoms with Crippen molar-refractivity contribution in [3.8, 4) is 0 Å². The van der Waals surface area contributed by atoms with E-state index in [2.05, 4.69) is 15.5 Å². The normalized spacial score (nSPS) is 13.9. The molecule has 0 aliphatic heterocycles. The number of aromatic nitrogens is 3. The molecular formula is C18H22N4O2. The first kappa shape index (κ1) is 16.6. The van der Waals surface area contributed by atoms with Crippen LogP contribution in [-0.2, 0) is 11.3 Å². The summed E-state index contributed by atoms with van der Waals surface area (Å²) in [4.78, 5) is 0. The lowest BCUT2D eigenvalue weighted by Crippen LogP contribution is -2.32. The molecule has 126 valence electrons. The number of hydrogen-bond acceptors (Lipinski definition) is 5. The maximum Gasteiger partial charge on any atom is 0.160 e. The number of rotatable bonds is 8. The van der Waals surface area contributed by atoms with Crippen molar-refractivity contribution in [3.63, 3.8) is 0 Å². The third-order valence-electron chi connectivity index (χ3n) is 3.81. The lowest BCUT2D eigenvalue weighted by Gasteiger charge is -2.16. The van der Waals surface area contributed by atoms with Gasteiger partial charge in [0.15, 0.2) is 11.5 Å². The van der Waals surface area contributed by atoms with Gasteiger partial charge in [-0.1, -0.05) is 36.4 Å². The zero-order chi connectivity index (χ0) is 16.8. The predicted molar refractivity (Wildman–Crippen MR) is 91.5 cm³/mol. The predicted octanol–water partition coefficient (Wildman–Crippen LogP) is 1.96. The van der Waals surface area contributed by atoms with Gasteiger partial charge < -0.3 is 15.2 Å². The molecule has 0 aliphatic rings. The molecule has 0 saturated carbocycles. The maximum absolute atomic E-state index is 10.1. The second kappa shape index (κ2) is 8.01. The molecule has 0 amide bonds. The molecule has 6 heteroatoms. The molecule has 0 bridgehead atoms. The van der Waals surface area contributed by atoms with E-state index in [1.54, 1.807) is 0 Å². The van der Waals surface area contributed by atoms with E-state index in [4.69, 9.17) is 4.74 Å². The number of nitrogens with one attached hydrogen (secondary N) is 1. The molecule has 3 aromatic rings. The fourth-order valence-electron chi connectivity index (χ4n) is 2.51. The number of hydrogen-bond donors (Lipinski definition) is 2. The summed E-state index contributed by atoms with van der Waals surface area (Å²) in [6.45, 7) is 3.22. The topological polar surface area (TPSA) is 71.7 Å². The van der Waals surface area contributed by atoms with E-state index >= 15 is 0 Å². The van der Waals surface area contributed by atoms with E-state index in [0.717, 1.165) is 17.0 Å². The van der Waals surface area contributed by atoms with Crippen LogP contribution in [0.25, 0.3) is 5.65 Å². The Morgan fingerprint density at radius 2 is 1.92 bits per heavy atom. The summed E-state index contributed by atoms with van der Waals surface area (Å²) in [5.74, 6) is 0.822. The summed E-state index contributed by atoms with van der Waals surface area (Å²) in [6, 6.07) is 15.7. The molecule has 2 heterocycles. The van der Waals surface area contributed by atoms with E-state index in [-0.39, 0.29) is 12.6 Å². The Kier molecular flexibility index (Phi) is 5.53. The van der Waals surface area contributed by atoms with Crippen LogP contribution in [-0.4, -0.2) is 39.0 Å². The van der Waals surface area contributed by atoms with Gasteiger partial charge in [-0.3, -0.25) is 4.40 Å². The van der Waals surface area contributed by atoms with E-state index in [1.165, 1.54) is 0 Å². The minimum absolute atomic E-state index is 0.0221. The molecule has 6 nitrogen and oxygen atoms in total. The number of aliphatic hydroxyl groups excluding tert-OH is 1. The average molecular weight is 326 g/mol. The number of ether oxygens (including phenoxy) is 1. The molecule has 2 atom stereocenters. The van der Waals surface area contributed by atoms with Gasteiger partial charge >= 0.3 is 0 Å². The van der Waals surface area contributed by atoms with Crippen molar-refractivity contribution in [2.75, 3.05) is 13.2 Å². The van der Waals surface area contributed by atoms with Crippen LogP contribution in [0, 0.1) is 0 Å². The quantitative estimate of drug-likeness (QED) is 0.662. The van der Waals surface area contributed by atoms with Gasteiger partial charge in [-0.25, -0.2) is 0 Å². The highest BCUT2D eigenvalue weighted by atomic mass is 16.5. The van der Waals surface area contributed by atoms with E-state index in [1.807, 2.05) is 66.1 Å². The lowest BCUT2D eigenvalue weighted by atomic mass is 10.2. The van der Waals surface area contributed by atoms with Crippen molar-refractivity contribution in [2.24, 2.45) is 0 Å². The van der Waals surface area contributed by atoms with Crippen LogP contribution in [0.3, 0.4) is 0 Å². The first-order chi connectivity index (χ1) is 11.7. The molecular weight excluding hydrogens is 304 g/mol. The Bertz CT molecular complexity index is 760. The lowest BCUT2D eigenvalue weighted by molar-refractivity contribution is 0.0277. The monoisotopic (exact) mass is 326 g/mol. The first-order valence-electron chi connectivity index (χ1n) is 8.07. The largest absolute Gasteiger partial charge is 0.389 e. The fraction of sp³-hybridized carbons (Fsp3) is 0.333. The Hall–Kier alpha value is -2.28.